The maximum atomic E-state index is 10.7. The average Bonchev–Trinajstić information content (AvgIpc) is 2.00. The smallest absolute Gasteiger partial charge is 0.233 e. The second kappa shape index (κ2) is 6.16. The van der Waals surface area contributed by atoms with Gasteiger partial charge >= 0.3 is 0 Å². The van der Waals surface area contributed by atoms with E-state index in [1.165, 1.54) is 6.42 Å². The molecule has 0 aromatic carbocycles. The van der Waals surface area contributed by atoms with Gasteiger partial charge in [0.2, 0.25) is 5.91 Å². The molecule has 3 nitrogen and oxygen atoms in total. The maximum absolute atomic E-state index is 10.7. The molecule has 3 heteroatoms. The number of carbonyl (C=O) groups excluding carboxylic acids is 1. The predicted molar refractivity (Wildman–Crippen MR) is 46.5 cm³/mol. The summed E-state index contributed by atoms with van der Waals surface area (Å²) in [6.07, 6.45) is 1.25. The number of amides is 1. The van der Waals surface area contributed by atoms with Crippen LogP contribution in [0.3, 0.4) is 0 Å². The molecule has 0 saturated carbocycles. The third kappa shape index (κ3) is 3.98. The first-order valence-corrected chi connectivity index (χ1v) is 4.26. The highest BCUT2D eigenvalue weighted by Crippen LogP contribution is 2.03. The van der Waals surface area contributed by atoms with Crippen molar-refractivity contribution >= 4 is 5.91 Å². The van der Waals surface area contributed by atoms with Gasteiger partial charge in [0.05, 0.1) is 6.54 Å². The minimum atomic E-state index is 0.120. The Morgan fingerprint density at radius 1 is 1.45 bits per heavy atom. The third-order valence-corrected chi connectivity index (χ3v) is 1.59. The van der Waals surface area contributed by atoms with Crippen LogP contribution in [0.4, 0.5) is 0 Å². The topological polar surface area (TPSA) is 32.3 Å². The minimum Gasteiger partial charge on any atom is -0.358 e. The molecule has 11 heavy (non-hydrogen) atoms. The number of hydrogen-bond acceptors (Lipinski definition) is 2. The van der Waals surface area contributed by atoms with Gasteiger partial charge in [-0.3, -0.25) is 9.69 Å². The Morgan fingerprint density at radius 3 is 2.27 bits per heavy atom. The van der Waals surface area contributed by atoms with Crippen molar-refractivity contribution in [2.24, 2.45) is 0 Å². The standard InChI is InChI=1S/C6H12N2O.C2H6/c1-7-6(9)5-8-3-2-4-8;1-2/h2-5H2,1H3,(H,7,9);1-2H3. The van der Waals surface area contributed by atoms with Gasteiger partial charge in [0.25, 0.3) is 0 Å². The number of rotatable bonds is 2. The van der Waals surface area contributed by atoms with Crippen molar-refractivity contribution in [2.75, 3.05) is 26.7 Å². The summed E-state index contributed by atoms with van der Waals surface area (Å²) in [6, 6.07) is 0. The highest BCUT2D eigenvalue weighted by molar-refractivity contribution is 5.77. The first-order chi connectivity index (χ1) is 5.33. The number of nitrogens with one attached hydrogen (secondary N) is 1. The lowest BCUT2D eigenvalue weighted by Crippen LogP contribution is -2.43. The van der Waals surface area contributed by atoms with E-state index in [9.17, 15) is 4.79 Å². The van der Waals surface area contributed by atoms with Crippen molar-refractivity contribution in [1.82, 2.24) is 10.2 Å². The number of carbonyl (C=O) groups is 1. The molecule has 0 radical (unpaired) electrons. The highest BCUT2D eigenvalue weighted by atomic mass is 16.1. The van der Waals surface area contributed by atoms with Gasteiger partial charge in [-0.2, -0.15) is 0 Å². The van der Waals surface area contributed by atoms with E-state index in [1.54, 1.807) is 7.05 Å². The first kappa shape index (κ1) is 10.4. The Hall–Kier alpha value is -0.570. The fraction of sp³-hybridized carbons (Fsp3) is 0.875. The van der Waals surface area contributed by atoms with Crippen LogP contribution in [0.15, 0.2) is 0 Å². The van der Waals surface area contributed by atoms with E-state index in [-0.39, 0.29) is 5.91 Å². The lowest BCUT2D eigenvalue weighted by atomic mass is 10.2. The van der Waals surface area contributed by atoms with Crippen molar-refractivity contribution < 1.29 is 4.79 Å². The van der Waals surface area contributed by atoms with Crippen LogP contribution in [0.2, 0.25) is 0 Å². The van der Waals surface area contributed by atoms with Crippen molar-refractivity contribution in [2.45, 2.75) is 20.3 Å². The van der Waals surface area contributed by atoms with Crippen LogP contribution in [0.25, 0.3) is 0 Å². The highest BCUT2D eigenvalue weighted by Gasteiger charge is 2.15. The van der Waals surface area contributed by atoms with Crippen LogP contribution in [0, 0.1) is 0 Å². The van der Waals surface area contributed by atoms with E-state index in [4.69, 9.17) is 0 Å². The summed E-state index contributed by atoms with van der Waals surface area (Å²) < 4.78 is 0. The Labute approximate surface area is 68.8 Å². The summed E-state index contributed by atoms with van der Waals surface area (Å²) in [7, 11) is 1.67. The summed E-state index contributed by atoms with van der Waals surface area (Å²) in [5, 5.41) is 2.58. The molecule has 0 aromatic rings. The van der Waals surface area contributed by atoms with Crippen LogP contribution >= 0.6 is 0 Å². The molecule has 1 N–H and O–H groups in total. The molecule has 1 aliphatic heterocycles. The molecule has 1 heterocycles. The molecule has 66 valence electrons. The van der Waals surface area contributed by atoms with Gasteiger partial charge in [-0.15, -0.1) is 0 Å². The fourth-order valence-corrected chi connectivity index (χ4v) is 0.822. The number of hydrogen-bond donors (Lipinski definition) is 1. The van der Waals surface area contributed by atoms with Crippen molar-refractivity contribution in [3.05, 3.63) is 0 Å². The van der Waals surface area contributed by atoms with E-state index in [0.29, 0.717) is 6.54 Å². The largest absolute Gasteiger partial charge is 0.358 e. The molecule has 0 spiro atoms. The molecule has 1 aliphatic rings. The summed E-state index contributed by atoms with van der Waals surface area (Å²) in [5.41, 5.74) is 0. The first-order valence-electron chi connectivity index (χ1n) is 4.26. The Kier molecular flexibility index (Phi) is 5.84. The van der Waals surface area contributed by atoms with Gasteiger partial charge in [-0.25, -0.2) is 0 Å². The third-order valence-electron chi connectivity index (χ3n) is 1.59. The summed E-state index contributed by atoms with van der Waals surface area (Å²) in [5.74, 6) is 0.120. The van der Waals surface area contributed by atoms with Gasteiger partial charge in [0.15, 0.2) is 0 Å². The quantitative estimate of drug-likeness (QED) is 0.633. The Balaban J connectivity index is 0.000000461. The average molecular weight is 158 g/mol. The molecule has 0 unspecified atom stereocenters. The zero-order chi connectivity index (χ0) is 8.69. The van der Waals surface area contributed by atoms with Crippen molar-refractivity contribution in [3.63, 3.8) is 0 Å². The lowest BCUT2D eigenvalue weighted by Gasteiger charge is -2.29. The van der Waals surface area contributed by atoms with Crippen LogP contribution < -0.4 is 5.32 Å². The van der Waals surface area contributed by atoms with Crippen LogP contribution in [0.5, 0.6) is 0 Å². The zero-order valence-corrected chi connectivity index (χ0v) is 7.68. The molecule has 0 aromatic heterocycles. The molecule has 0 aliphatic carbocycles. The second-order valence-corrected chi connectivity index (χ2v) is 2.30. The van der Waals surface area contributed by atoms with Gasteiger partial charge < -0.3 is 5.32 Å². The lowest BCUT2D eigenvalue weighted by molar-refractivity contribution is -0.122. The SMILES string of the molecule is CC.CNC(=O)CN1CCC1. The van der Waals surface area contributed by atoms with E-state index in [1.807, 2.05) is 13.8 Å². The molecule has 1 amide bonds. The van der Waals surface area contributed by atoms with Crippen LogP contribution in [0.1, 0.15) is 20.3 Å². The summed E-state index contributed by atoms with van der Waals surface area (Å²) in [4.78, 5) is 12.8. The van der Waals surface area contributed by atoms with Crippen molar-refractivity contribution in [3.8, 4) is 0 Å². The zero-order valence-electron chi connectivity index (χ0n) is 7.68. The van der Waals surface area contributed by atoms with E-state index >= 15 is 0 Å². The van der Waals surface area contributed by atoms with Crippen LogP contribution in [-0.4, -0.2) is 37.5 Å². The predicted octanol–water partition coefficient (Wildman–Crippen LogP) is 0.464. The van der Waals surface area contributed by atoms with E-state index in [2.05, 4.69) is 10.2 Å². The molecule has 1 saturated heterocycles. The van der Waals surface area contributed by atoms with E-state index < -0.39 is 0 Å². The summed E-state index contributed by atoms with van der Waals surface area (Å²) in [6.45, 7) is 6.76. The fourth-order valence-electron chi connectivity index (χ4n) is 0.822. The second-order valence-electron chi connectivity index (χ2n) is 2.30. The Bertz CT molecular complexity index is 111. The summed E-state index contributed by atoms with van der Waals surface area (Å²) >= 11 is 0. The molecular weight excluding hydrogens is 140 g/mol. The maximum Gasteiger partial charge on any atom is 0.233 e. The van der Waals surface area contributed by atoms with Gasteiger partial charge in [-0.05, 0) is 19.5 Å². The molecule has 1 rings (SSSR count). The minimum absolute atomic E-state index is 0.120. The molecule has 0 atom stereocenters. The number of nitrogens with zero attached hydrogens (tertiary/aromatic N) is 1. The monoisotopic (exact) mass is 158 g/mol. The van der Waals surface area contributed by atoms with Gasteiger partial charge in [0.1, 0.15) is 0 Å². The normalized spacial score (nSPS) is 15.9. The van der Waals surface area contributed by atoms with Gasteiger partial charge in [-0.1, -0.05) is 13.8 Å². The molecule has 1 fully saturated rings. The Morgan fingerprint density at radius 2 is 2.00 bits per heavy atom. The van der Waals surface area contributed by atoms with Gasteiger partial charge in [0, 0.05) is 7.05 Å². The van der Waals surface area contributed by atoms with Crippen LogP contribution in [-0.2, 0) is 4.79 Å². The molecule has 0 bridgehead atoms. The molecular formula is C8H18N2O. The number of likely N-dealkylation sites (N-methyl/N-ethyl adjacent to an activating group) is 1. The van der Waals surface area contributed by atoms with Crippen molar-refractivity contribution in [1.29, 1.82) is 0 Å². The number of likely N-dealkylation sites (tertiary alicyclic amines) is 1. The van der Waals surface area contributed by atoms with E-state index in [0.717, 1.165) is 13.1 Å².